The van der Waals surface area contributed by atoms with E-state index in [0.29, 0.717) is 26.9 Å². The minimum atomic E-state index is -4.40. The van der Waals surface area contributed by atoms with Crippen molar-refractivity contribution in [2.24, 2.45) is 0 Å². The highest BCUT2D eigenvalue weighted by atomic mass is 79.9. The number of aromatic nitrogens is 2. The number of nitrogens with one attached hydrogen (secondary N) is 1. The van der Waals surface area contributed by atoms with Crippen LogP contribution in [-0.4, -0.2) is 9.97 Å². The van der Waals surface area contributed by atoms with Crippen molar-refractivity contribution in [2.75, 3.05) is 0 Å². The topological polar surface area (TPSA) is 55.0 Å². The molecule has 28 heavy (non-hydrogen) atoms. The molecule has 0 bridgehead atoms. The van der Waals surface area contributed by atoms with Crippen LogP contribution >= 0.6 is 15.9 Å². The normalized spacial score (nSPS) is 11.5. The molecule has 146 valence electrons. The highest BCUT2D eigenvalue weighted by Crippen LogP contribution is 2.30. The van der Waals surface area contributed by atoms with Crippen molar-refractivity contribution in [2.45, 2.75) is 26.6 Å². The summed E-state index contributed by atoms with van der Waals surface area (Å²) in [6.45, 7) is 3.55. The predicted octanol–water partition coefficient (Wildman–Crippen LogP) is 5.41. The standard InChI is InChI=1S/C20H16BrF3N2O2/c1-11-17(19(27)18(21)12(2)26-11)14-6-7-16(25-9-14)28-10-13-4-3-5-15(8-13)20(22,23)24/h3-9H,10H2,1-2H3,(H,26,27). The Morgan fingerprint density at radius 3 is 2.54 bits per heavy atom. The molecule has 1 N–H and O–H groups in total. The van der Waals surface area contributed by atoms with Crippen LogP contribution in [0.25, 0.3) is 11.1 Å². The highest BCUT2D eigenvalue weighted by Gasteiger charge is 2.30. The van der Waals surface area contributed by atoms with E-state index in [1.165, 1.54) is 12.3 Å². The largest absolute Gasteiger partial charge is 0.473 e. The van der Waals surface area contributed by atoms with Crippen LogP contribution in [0.5, 0.6) is 5.88 Å². The number of benzene rings is 1. The summed E-state index contributed by atoms with van der Waals surface area (Å²) >= 11 is 3.28. The maximum Gasteiger partial charge on any atom is 0.416 e. The van der Waals surface area contributed by atoms with E-state index in [1.54, 1.807) is 32.0 Å². The summed E-state index contributed by atoms with van der Waals surface area (Å²) in [4.78, 5) is 19.8. The van der Waals surface area contributed by atoms with Gasteiger partial charge in [-0.3, -0.25) is 4.79 Å². The number of nitrogens with zero attached hydrogens (tertiary/aromatic N) is 1. The Morgan fingerprint density at radius 1 is 1.14 bits per heavy atom. The number of aryl methyl sites for hydroxylation is 2. The van der Waals surface area contributed by atoms with Gasteiger partial charge in [-0.2, -0.15) is 13.2 Å². The summed E-state index contributed by atoms with van der Waals surface area (Å²) in [5, 5.41) is 0. The monoisotopic (exact) mass is 452 g/mol. The van der Waals surface area contributed by atoms with Gasteiger partial charge >= 0.3 is 6.18 Å². The van der Waals surface area contributed by atoms with Crippen molar-refractivity contribution in [1.29, 1.82) is 0 Å². The van der Waals surface area contributed by atoms with Gasteiger partial charge in [0, 0.05) is 29.2 Å². The maximum absolute atomic E-state index is 12.8. The van der Waals surface area contributed by atoms with E-state index < -0.39 is 11.7 Å². The second kappa shape index (κ2) is 7.79. The molecule has 0 spiro atoms. The molecule has 0 atom stereocenters. The molecule has 0 amide bonds. The van der Waals surface area contributed by atoms with E-state index in [4.69, 9.17) is 4.74 Å². The Balaban J connectivity index is 1.78. The van der Waals surface area contributed by atoms with Crippen molar-refractivity contribution in [3.05, 3.63) is 79.8 Å². The first-order valence-electron chi connectivity index (χ1n) is 8.31. The molecule has 4 nitrogen and oxygen atoms in total. The third-order valence-corrected chi connectivity index (χ3v) is 5.13. The molecule has 0 saturated carbocycles. The first kappa shape index (κ1) is 20.1. The molecule has 3 rings (SSSR count). The van der Waals surface area contributed by atoms with E-state index in [1.807, 2.05) is 0 Å². The number of hydrogen-bond donors (Lipinski definition) is 1. The molecule has 0 fully saturated rings. The van der Waals surface area contributed by atoms with Gasteiger partial charge in [0.15, 0.2) is 0 Å². The predicted molar refractivity (Wildman–Crippen MR) is 103 cm³/mol. The van der Waals surface area contributed by atoms with Gasteiger partial charge in [0.1, 0.15) is 6.61 Å². The lowest BCUT2D eigenvalue weighted by Gasteiger charge is -2.11. The van der Waals surface area contributed by atoms with Gasteiger partial charge in [-0.1, -0.05) is 12.1 Å². The number of ether oxygens (including phenoxy) is 1. The molecular formula is C20H16BrF3N2O2. The van der Waals surface area contributed by atoms with Crippen LogP contribution in [0.2, 0.25) is 0 Å². The lowest BCUT2D eigenvalue weighted by molar-refractivity contribution is -0.137. The first-order chi connectivity index (χ1) is 13.2. The minimum absolute atomic E-state index is 0.0496. The molecular weight excluding hydrogens is 437 g/mol. The smallest absolute Gasteiger partial charge is 0.416 e. The number of halogens is 4. The van der Waals surface area contributed by atoms with Crippen LogP contribution < -0.4 is 10.2 Å². The molecule has 2 heterocycles. The van der Waals surface area contributed by atoms with Crippen molar-refractivity contribution in [3.63, 3.8) is 0 Å². The average Bonchev–Trinajstić information content (AvgIpc) is 2.65. The quantitative estimate of drug-likeness (QED) is 0.575. The second-order valence-corrected chi connectivity index (χ2v) is 7.06. The van der Waals surface area contributed by atoms with E-state index in [0.717, 1.165) is 17.8 Å². The summed E-state index contributed by atoms with van der Waals surface area (Å²) in [6.07, 6.45) is -2.90. The van der Waals surface area contributed by atoms with Gasteiger partial charge in [0.2, 0.25) is 11.3 Å². The number of hydrogen-bond acceptors (Lipinski definition) is 3. The van der Waals surface area contributed by atoms with Gasteiger partial charge < -0.3 is 9.72 Å². The Morgan fingerprint density at radius 2 is 1.89 bits per heavy atom. The van der Waals surface area contributed by atoms with E-state index >= 15 is 0 Å². The van der Waals surface area contributed by atoms with Crippen LogP contribution in [0.15, 0.2) is 51.9 Å². The van der Waals surface area contributed by atoms with Crippen molar-refractivity contribution < 1.29 is 17.9 Å². The molecule has 3 aromatic rings. The lowest BCUT2D eigenvalue weighted by atomic mass is 10.1. The third-order valence-electron chi connectivity index (χ3n) is 4.17. The van der Waals surface area contributed by atoms with Crippen LogP contribution in [0.1, 0.15) is 22.5 Å². The maximum atomic E-state index is 12.8. The molecule has 0 radical (unpaired) electrons. The molecule has 0 aliphatic carbocycles. The lowest BCUT2D eigenvalue weighted by Crippen LogP contribution is -2.12. The molecule has 0 unspecified atom stereocenters. The molecule has 0 saturated heterocycles. The summed E-state index contributed by atoms with van der Waals surface area (Å²) in [7, 11) is 0. The Bertz CT molecular complexity index is 1060. The number of alkyl halides is 3. The fraction of sp³-hybridized carbons (Fsp3) is 0.200. The number of rotatable bonds is 4. The zero-order valence-corrected chi connectivity index (χ0v) is 16.6. The van der Waals surface area contributed by atoms with Crippen LogP contribution in [0.4, 0.5) is 13.2 Å². The first-order valence-corrected chi connectivity index (χ1v) is 9.10. The molecule has 0 aliphatic heterocycles. The van der Waals surface area contributed by atoms with E-state index in [2.05, 4.69) is 25.9 Å². The van der Waals surface area contributed by atoms with Gasteiger partial charge in [-0.25, -0.2) is 4.98 Å². The Hall–Kier alpha value is -2.61. The average molecular weight is 453 g/mol. The van der Waals surface area contributed by atoms with Gasteiger partial charge in [0.25, 0.3) is 0 Å². The second-order valence-electron chi connectivity index (χ2n) is 6.27. The Kier molecular flexibility index (Phi) is 5.60. The van der Waals surface area contributed by atoms with Gasteiger partial charge in [0.05, 0.1) is 15.6 Å². The molecule has 1 aromatic carbocycles. The van der Waals surface area contributed by atoms with Crippen LogP contribution in [-0.2, 0) is 12.8 Å². The SMILES string of the molecule is Cc1[nH]c(C)c(-c2ccc(OCc3cccc(C(F)(F)F)c3)nc2)c(=O)c1Br. The van der Waals surface area contributed by atoms with Crippen LogP contribution in [0, 0.1) is 13.8 Å². The zero-order valence-electron chi connectivity index (χ0n) is 15.0. The third kappa shape index (κ3) is 4.27. The summed E-state index contributed by atoms with van der Waals surface area (Å²) in [6, 6.07) is 8.21. The van der Waals surface area contributed by atoms with Crippen molar-refractivity contribution >= 4 is 15.9 Å². The van der Waals surface area contributed by atoms with Crippen molar-refractivity contribution in [1.82, 2.24) is 9.97 Å². The van der Waals surface area contributed by atoms with Crippen molar-refractivity contribution in [3.8, 4) is 17.0 Å². The Labute approximate surface area is 167 Å². The van der Waals surface area contributed by atoms with Gasteiger partial charge in [-0.05, 0) is 53.5 Å². The fourth-order valence-corrected chi connectivity index (χ4v) is 3.10. The summed E-state index contributed by atoms with van der Waals surface area (Å²) < 4.78 is 44.2. The summed E-state index contributed by atoms with van der Waals surface area (Å²) in [5.74, 6) is 0.251. The molecule has 0 aliphatic rings. The zero-order chi connectivity index (χ0) is 20.5. The molecule has 2 aromatic heterocycles. The van der Waals surface area contributed by atoms with Gasteiger partial charge in [-0.15, -0.1) is 0 Å². The minimum Gasteiger partial charge on any atom is -0.473 e. The molecule has 8 heteroatoms. The highest BCUT2D eigenvalue weighted by molar-refractivity contribution is 9.10. The number of H-pyrrole nitrogens is 1. The van der Waals surface area contributed by atoms with E-state index in [9.17, 15) is 18.0 Å². The fourth-order valence-electron chi connectivity index (χ4n) is 2.80. The number of pyridine rings is 2. The number of aromatic amines is 1. The van der Waals surface area contributed by atoms with E-state index in [-0.39, 0.29) is 17.9 Å². The van der Waals surface area contributed by atoms with Crippen LogP contribution in [0.3, 0.4) is 0 Å². The summed E-state index contributed by atoms with van der Waals surface area (Å²) in [5.41, 5.74) is 2.07.